The fourth-order valence-electron chi connectivity index (χ4n) is 2.46. The SMILES string of the molecule is CC(C)N(CCc1ccsc1)CC1CCCN1. The second-order valence-electron chi connectivity index (χ2n) is 5.26. The van der Waals surface area contributed by atoms with E-state index in [1.165, 1.54) is 44.5 Å². The van der Waals surface area contributed by atoms with Gasteiger partial charge in [-0.25, -0.2) is 0 Å². The lowest BCUT2D eigenvalue weighted by Crippen LogP contribution is -2.42. The molecule has 0 spiro atoms. The van der Waals surface area contributed by atoms with Crippen LogP contribution in [0.15, 0.2) is 16.8 Å². The minimum Gasteiger partial charge on any atom is -0.313 e. The molecular formula is C14H24N2S. The predicted molar refractivity (Wildman–Crippen MR) is 75.8 cm³/mol. The summed E-state index contributed by atoms with van der Waals surface area (Å²) in [5.41, 5.74) is 1.49. The molecule has 0 amide bonds. The molecule has 0 radical (unpaired) electrons. The van der Waals surface area contributed by atoms with E-state index in [1.807, 2.05) is 0 Å². The third-order valence-electron chi connectivity index (χ3n) is 3.62. The molecule has 1 atom stereocenters. The Morgan fingerprint density at radius 3 is 3.00 bits per heavy atom. The van der Waals surface area contributed by atoms with Crippen molar-refractivity contribution in [3.8, 4) is 0 Å². The molecule has 2 heterocycles. The summed E-state index contributed by atoms with van der Waals surface area (Å²) in [4.78, 5) is 2.61. The van der Waals surface area contributed by atoms with Crippen molar-refractivity contribution in [3.05, 3.63) is 22.4 Å². The highest BCUT2D eigenvalue weighted by molar-refractivity contribution is 7.07. The minimum absolute atomic E-state index is 0.649. The number of hydrogen-bond donors (Lipinski definition) is 1. The van der Waals surface area contributed by atoms with E-state index >= 15 is 0 Å². The van der Waals surface area contributed by atoms with Crippen LogP contribution in [0.2, 0.25) is 0 Å². The minimum atomic E-state index is 0.649. The zero-order valence-electron chi connectivity index (χ0n) is 11.0. The average molecular weight is 252 g/mol. The third kappa shape index (κ3) is 4.09. The topological polar surface area (TPSA) is 15.3 Å². The van der Waals surface area contributed by atoms with E-state index in [0.717, 1.165) is 6.04 Å². The molecule has 1 saturated heterocycles. The van der Waals surface area contributed by atoms with Crippen molar-refractivity contribution in [2.24, 2.45) is 0 Å². The smallest absolute Gasteiger partial charge is 0.0195 e. The first-order chi connectivity index (χ1) is 8.25. The second kappa shape index (κ2) is 6.53. The number of thiophene rings is 1. The summed E-state index contributed by atoms with van der Waals surface area (Å²) in [5.74, 6) is 0. The van der Waals surface area contributed by atoms with E-state index in [0.29, 0.717) is 6.04 Å². The van der Waals surface area contributed by atoms with Crippen LogP contribution in [0.4, 0.5) is 0 Å². The van der Waals surface area contributed by atoms with Crippen LogP contribution in [0.25, 0.3) is 0 Å². The Bertz CT molecular complexity index is 302. The van der Waals surface area contributed by atoms with Crippen LogP contribution in [0, 0.1) is 0 Å². The summed E-state index contributed by atoms with van der Waals surface area (Å²) in [5, 5.41) is 8.04. The van der Waals surface area contributed by atoms with Crippen molar-refractivity contribution in [1.82, 2.24) is 10.2 Å². The molecule has 0 bridgehead atoms. The molecule has 3 heteroatoms. The van der Waals surface area contributed by atoms with Gasteiger partial charge in [0.05, 0.1) is 0 Å². The van der Waals surface area contributed by atoms with E-state index in [1.54, 1.807) is 11.3 Å². The Balaban J connectivity index is 1.79. The highest BCUT2D eigenvalue weighted by Crippen LogP contribution is 2.12. The van der Waals surface area contributed by atoms with Crippen molar-refractivity contribution in [2.75, 3.05) is 19.6 Å². The lowest BCUT2D eigenvalue weighted by atomic mass is 10.1. The monoisotopic (exact) mass is 252 g/mol. The molecule has 1 aliphatic heterocycles. The first-order valence-corrected chi connectivity index (χ1v) is 7.68. The maximum Gasteiger partial charge on any atom is 0.0195 e. The van der Waals surface area contributed by atoms with Crippen LogP contribution >= 0.6 is 11.3 Å². The predicted octanol–water partition coefficient (Wildman–Crippen LogP) is 2.75. The Kier molecular flexibility index (Phi) is 5.01. The highest BCUT2D eigenvalue weighted by Gasteiger charge is 2.19. The van der Waals surface area contributed by atoms with Crippen molar-refractivity contribution in [2.45, 2.75) is 45.2 Å². The fraction of sp³-hybridized carbons (Fsp3) is 0.714. The molecule has 1 aromatic rings. The first-order valence-electron chi connectivity index (χ1n) is 6.74. The second-order valence-corrected chi connectivity index (χ2v) is 6.04. The average Bonchev–Trinajstić information content (AvgIpc) is 2.97. The fourth-order valence-corrected chi connectivity index (χ4v) is 3.17. The molecule has 2 nitrogen and oxygen atoms in total. The standard InChI is InChI=1S/C14H24N2S/c1-12(2)16(10-14-4-3-7-15-14)8-5-13-6-9-17-11-13/h6,9,11-12,14-15H,3-5,7-8,10H2,1-2H3. The van der Waals surface area contributed by atoms with Gasteiger partial charge in [0.15, 0.2) is 0 Å². The maximum atomic E-state index is 3.60. The van der Waals surface area contributed by atoms with Crippen molar-refractivity contribution in [1.29, 1.82) is 0 Å². The van der Waals surface area contributed by atoms with Gasteiger partial charge in [-0.15, -0.1) is 0 Å². The molecule has 1 aromatic heterocycles. The first kappa shape index (κ1) is 13.1. The van der Waals surface area contributed by atoms with Crippen molar-refractivity contribution < 1.29 is 0 Å². The molecule has 1 N–H and O–H groups in total. The van der Waals surface area contributed by atoms with Gasteiger partial charge in [-0.2, -0.15) is 11.3 Å². The number of nitrogens with one attached hydrogen (secondary N) is 1. The summed E-state index contributed by atoms with van der Waals surface area (Å²) in [6.45, 7) is 8.22. The molecule has 0 aromatic carbocycles. The molecule has 1 fully saturated rings. The van der Waals surface area contributed by atoms with Crippen LogP contribution in [0.5, 0.6) is 0 Å². The Labute approximate surface area is 109 Å². The lowest BCUT2D eigenvalue weighted by Gasteiger charge is -2.29. The summed E-state index contributed by atoms with van der Waals surface area (Å²) >= 11 is 1.80. The van der Waals surface area contributed by atoms with Crippen LogP contribution in [-0.2, 0) is 6.42 Å². The van der Waals surface area contributed by atoms with E-state index in [2.05, 4.69) is 40.9 Å². The van der Waals surface area contributed by atoms with Gasteiger partial charge >= 0.3 is 0 Å². The van der Waals surface area contributed by atoms with Gasteiger partial charge in [0.2, 0.25) is 0 Å². The quantitative estimate of drug-likeness (QED) is 0.837. The van der Waals surface area contributed by atoms with Gasteiger partial charge < -0.3 is 5.32 Å². The maximum absolute atomic E-state index is 3.60. The molecule has 96 valence electrons. The summed E-state index contributed by atoms with van der Waals surface area (Å²) in [6.07, 6.45) is 3.89. The molecule has 1 aliphatic rings. The van der Waals surface area contributed by atoms with Crippen molar-refractivity contribution in [3.63, 3.8) is 0 Å². The molecular weight excluding hydrogens is 228 g/mol. The third-order valence-corrected chi connectivity index (χ3v) is 4.35. The molecule has 1 unspecified atom stereocenters. The van der Waals surface area contributed by atoms with Crippen LogP contribution < -0.4 is 5.32 Å². The van der Waals surface area contributed by atoms with Gasteiger partial charge in [0.25, 0.3) is 0 Å². The van der Waals surface area contributed by atoms with Gasteiger partial charge in [0.1, 0.15) is 0 Å². The lowest BCUT2D eigenvalue weighted by molar-refractivity contribution is 0.205. The zero-order chi connectivity index (χ0) is 12.1. The molecule has 17 heavy (non-hydrogen) atoms. The molecule has 2 rings (SSSR count). The number of hydrogen-bond acceptors (Lipinski definition) is 3. The molecule has 0 saturated carbocycles. The Morgan fingerprint density at radius 1 is 1.53 bits per heavy atom. The summed E-state index contributed by atoms with van der Waals surface area (Å²) in [7, 11) is 0. The normalized spacial score (nSPS) is 20.6. The van der Waals surface area contributed by atoms with Crippen LogP contribution in [0.1, 0.15) is 32.3 Å². The Hall–Kier alpha value is -0.380. The largest absolute Gasteiger partial charge is 0.313 e. The van der Waals surface area contributed by atoms with Gasteiger partial charge in [0, 0.05) is 25.2 Å². The Morgan fingerprint density at radius 2 is 2.41 bits per heavy atom. The van der Waals surface area contributed by atoms with Crippen LogP contribution in [0.3, 0.4) is 0 Å². The van der Waals surface area contributed by atoms with E-state index < -0.39 is 0 Å². The van der Waals surface area contributed by atoms with Gasteiger partial charge in [-0.1, -0.05) is 0 Å². The number of rotatable bonds is 6. The highest BCUT2D eigenvalue weighted by atomic mass is 32.1. The zero-order valence-corrected chi connectivity index (χ0v) is 11.8. The van der Waals surface area contributed by atoms with Crippen molar-refractivity contribution >= 4 is 11.3 Å². The van der Waals surface area contributed by atoms with Gasteiger partial charge in [-0.05, 0) is 62.0 Å². The van der Waals surface area contributed by atoms with Crippen LogP contribution in [-0.4, -0.2) is 36.6 Å². The van der Waals surface area contributed by atoms with Gasteiger partial charge in [-0.3, -0.25) is 4.90 Å². The van der Waals surface area contributed by atoms with E-state index in [-0.39, 0.29) is 0 Å². The molecule has 0 aliphatic carbocycles. The summed E-state index contributed by atoms with van der Waals surface area (Å²) < 4.78 is 0. The number of nitrogens with zero attached hydrogens (tertiary/aromatic N) is 1. The van der Waals surface area contributed by atoms with E-state index in [9.17, 15) is 0 Å². The summed E-state index contributed by atoms with van der Waals surface area (Å²) in [6, 6.07) is 3.62. The van der Waals surface area contributed by atoms with E-state index in [4.69, 9.17) is 0 Å².